The molecule has 1 aromatic heterocycles. The number of pyridine rings is 1. The van der Waals surface area contributed by atoms with Crippen molar-refractivity contribution in [2.45, 2.75) is 32.2 Å². The molecule has 1 fully saturated rings. The molecule has 1 aliphatic rings. The van der Waals surface area contributed by atoms with Crippen LogP contribution < -0.4 is 0 Å². The Morgan fingerprint density at radius 1 is 1.04 bits per heavy atom. The van der Waals surface area contributed by atoms with Crippen LogP contribution in [-0.4, -0.2) is 46.9 Å². The minimum atomic E-state index is 0.260. The zero-order chi connectivity index (χ0) is 17.5. The van der Waals surface area contributed by atoms with Crippen LogP contribution >= 0.6 is 0 Å². The maximum absolute atomic E-state index is 12.4. The molecule has 0 bridgehead atoms. The lowest BCUT2D eigenvalue weighted by Gasteiger charge is -2.23. The van der Waals surface area contributed by atoms with E-state index in [1.807, 2.05) is 17.0 Å². The molecule has 4 nitrogen and oxygen atoms in total. The van der Waals surface area contributed by atoms with E-state index >= 15 is 0 Å². The number of rotatable bonds is 6. The number of carbonyl (C=O) groups is 1. The van der Waals surface area contributed by atoms with Gasteiger partial charge in [-0.3, -0.25) is 9.78 Å². The van der Waals surface area contributed by atoms with Crippen molar-refractivity contribution in [2.75, 3.05) is 26.2 Å². The third-order valence-electron chi connectivity index (χ3n) is 5.05. The molecule has 25 heavy (non-hydrogen) atoms. The molecular formula is C21H27N3O. The summed E-state index contributed by atoms with van der Waals surface area (Å²) < 4.78 is 0. The van der Waals surface area contributed by atoms with E-state index in [0.29, 0.717) is 18.9 Å². The molecule has 1 unspecified atom stereocenters. The van der Waals surface area contributed by atoms with Gasteiger partial charge in [0.1, 0.15) is 0 Å². The predicted molar refractivity (Wildman–Crippen MR) is 100 cm³/mol. The van der Waals surface area contributed by atoms with E-state index in [9.17, 15) is 4.79 Å². The fourth-order valence-corrected chi connectivity index (χ4v) is 3.33. The summed E-state index contributed by atoms with van der Waals surface area (Å²) in [5.74, 6) is 0.809. The molecule has 132 valence electrons. The van der Waals surface area contributed by atoms with Gasteiger partial charge in [0.05, 0.1) is 0 Å². The van der Waals surface area contributed by atoms with Crippen LogP contribution in [0.1, 0.15) is 36.8 Å². The molecule has 4 heteroatoms. The van der Waals surface area contributed by atoms with Crippen molar-refractivity contribution in [3.05, 3.63) is 66.0 Å². The van der Waals surface area contributed by atoms with E-state index in [-0.39, 0.29) is 5.91 Å². The molecule has 0 radical (unpaired) electrons. The Morgan fingerprint density at radius 3 is 2.56 bits per heavy atom. The maximum Gasteiger partial charge on any atom is 0.224 e. The Bertz CT molecular complexity index is 659. The van der Waals surface area contributed by atoms with Gasteiger partial charge in [0, 0.05) is 45.0 Å². The summed E-state index contributed by atoms with van der Waals surface area (Å²) in [6, 6.07) is 14.6. The minimum Gasteiger partial charge on any atom is -0.337 e. The van der Waals surface area contributed by atoms with Crippen molar-refractivity contribution in [3.63, 3.8) is 0 Å². The topological polar surface area (TPSA) is 36.4 Å². The lowest BCUT2D eigenvalue weighted by Crippen LogP contribution is -2.33. The van der Waals surface area contributed by atoms with Crippen LogP contribution in [0.2, 0.25) is 0 Å². The summed E-state index contributed by atoms with van der Waals surface area (Å²) in [7, 11) is 0. The Labute approximate surface area is 150 Å². The van der Waals surface area contributed by atoms with Gasteiger partial charge in [-0.05, 0) is 42.1 Å². The summed E-state index contributed by atoms with van der Waals surface area (Å²) in [4.78, 5) is 20.9. The molecule has 1 aliphatic heterocycles. The van der Waals surface area contributed by atoms with Crippen LogP contribution in [0.4, 0.5) is 0 Å². The van der Waals surface area contributed by atoms with Crippen LogP contribution in [0.3, 0.4) is 0 Å². The van der Waals surface area contributed by atoms with Crippen molar-refractivity contribution in [2.24, 2.45) is 0 Å². The van der Waals surface area contributed by atoms with Crippen molar-refractivity contribution < 1.29 is 4.79 Å². The van der Waals surface area contributed by atoms with E-state index in [2.05, 4.69) is 47.1 Å². The molecule has 0 saturated carbocycles. The van der Waals surface area contributed by atoms with Crippen molar-refractivity contribution in [1.29, 1.82) is 0 Å². The first-order valence-electron chi connectivity index (χ1n) is 9.16. The van der Waals surface area contributed by atoms with Gasteiger partial charge in [0.2, 0.25) is 5.91 Å². The summed E-state index contributed by atoms with van der Waals surface area (Å²) in [5, 5.41) is 0. The van der Waals surface area contributed by atoms with E-state index in [1.165, 1.54) is 5.56 Å². The van der Waals surface area contributed by atoms with Crippen molar-refractivity contribution >= 4 is 5.91 Å². The average Bonchev–Trinajstić information content (AvgIpc) is 2.83. The number of hydrogen-bond donors (Lipinski definition) is 0. The SMILES string of the molecule is CC(CCN1CCC(=O)N(Cc2ccncc2)CC1)c1ccccc1. The number of hydrogen-bond acceptors (Lipinski definition) is 3. The third-order valence-corrected chi connectivity index (χ3v) is 5.05. The van der Waals surface area contributed by atoms with Crippen LogP contribution in [-0.2, 0) is 11.3 Å². The lowest BCUT2D eigenvalue weighted by atomic mass is 9.98. The van der Waals surface area contributed by atoms with E-state index < -0.39 is 0 Å². The maximum atomic E-state index is 12.4. The highest BCUT2D eigenvalue weighted by atomic mass is 16.2. The van der Waals surface area contributed by atoms with Crippen molar-refractivity contribution in [1.82, 2.24) is 14.8 Å². The number of carbonyl (C=O) groups excluding carboxylic acids is 1. The fourth-order valence-electron chi connectivity index (χ4n) is 3.33. The Balaban J connectivity index is 1.50. The standard InChI is InChI=1S/C21H27N3O/c1-18(20-5-3-2-4-6-20)9-13-23-14-10-21(25)24(16-15-23)17-19-7-11-22-12-8-19/h2-8,11-12,18H,9-10,13-17H2,1H3. The monoisotopic (exact) mass is 337 g/mol. The first kappa shape index (κ1) is 17.6. The Hall–Kier alpha value is -2.20. The molecular weight excluding hydrogens is 310 g/mol. The van der Waals surface area contributed by atoms with E-state index in [0.717, 1.165) is 38.2 Å². The molecule has 0 N–H and O–H groups in total. The van der Waals surface area contributed by atoms with Crippen LogP contribution in [0.15, 0.2) is 54.9 Å². The minimum absolute atomic E-state index is 0.260. The van der Waals surface area contributed by atoms with Gasteiger partial charge in [-0.25, -0.2) is 0 Å². The smallest absolute Gasteiger partial charge is 0.224 e. The fraction of sp³-hybridized carbons (Fsp3) is 0.429. The Morgan fingerprint density at radius 2 is 1.80 bits per heavy atom. The van der Waals surface area contributed by atoms with Crippen LogP contribution in [0.25, 0.3) is 0 Å². The van der Waals surface area contributed by atoms with Gasteiger partial charge in [-0.2, -0.15) is 0 Å². The molecule has 0 spiro atoms. The summed E-state index contributed by atoms with van der Waals surface area (Å²) in [5.41, 5.74) is 2.54. The van der Waals surface area contributed by atoms with Crippen LogP contribution in [0, 0.1) is 0 Å². The molecule has 1 aromatic carbocycles. The number of nitrogens with zero attached hydrogens (tertiary/aromatic N) is 3. The third kappa shape index (κ3) is 5.13. The van der Waals surface area contributed by atoms with Gasteiger partial charge >= 0.3 is 0 Å². The molecule has 2 heterocycles. The van der Waals surface area contributed by atoms with Gasteiger partial charge < -0.3 is 9.80 Å². The Kier molecular flexibility index (Phi) is 6.18. The summed E-state index contributed by atoms with van der Waals surface area (Å²) in [6.45, 7) is 6.66. The second kappa shape index (κ2) is 8.77. The van der Waals surface area contributed by atoms with E-state index in [1.54, 1.807) is 12.4 Å². The highest BCUT2D eigenvalue weighted by molar-refractivity contribution is 5.76. The predicted octanol–water partition coefficient (Wildman–Crippen LogP) is 3.31. The summed E-state index contributed by atoms with van der Waals surface area (Å²) in [6.07, 6.45) is 5.32. The number of amides is 1. The average molecular weight is 337 g/mol. The zero-order valence-electron chi connectivity index (χ0n) is 15.0. The molecule has 0 aliphatic carbocycles. The number of benzene rings is 1. The van der Waals surface area contributed by atoms with Gasteiger partial charge in [0.15, 0.2) is 0 Å². The molecule has 3 rings (SSSR count). The molecule has 1 atom stereocenters. The van der Waals surface area contributed by atoms with E-state index in [4.69, 9.17) is 0 Å². The summed E-state index contributed by atoms with van der Waals surface area (Å²) >= 11 is 0. The van der Waals surface area contributed by atoms with Gasteiger partial charge in [0.25, 0.3) is 0 Å². The largest absolute Gasteiger partial charge is 0.337 e. The van der Waals surface area contributed by atoms with Gasteiger partial charge in [-0.15, -0.1) is 0 Å². The molecule has 1 amide bonds. The normalized spacial score (nSPS) is 17.3. The molecule has 1 saturated heterocycles. The van der Waals surface area contributed by atoms with Crippen LogP contribution in [0.5, 0.6) is 0 Å². The lowest BCUT2D eigenvalue weighted by molar-refractivity contribution is -0.130. The highest BCUT2D eigenvalue weighted by Gasteiger charge is 2.21. The second-order valence-corrected chi connectivity index (χ2v) is 6.86. The molecule has 2 aromatic rings. The van der Waals surface area contributed by atoms with Crippen molar-refractivity contribution in [3.8, 4) is 0 Å². The number of aromatic nitrogens is 1. The zero-order valence-corrected chi connectivity index (χ0v) is 15.0. The van der Waals surface area contributed by atoms with Gasteiger partial charge in [-0.1, -0.05) is 37.3 Å². The highest BCUT2D eigenvalue weighted by Crippen LogP contribution is 2.19. The first-order chi connectivity index (χ1) is 12.2. The quantitative estimate of drug-likeness (QED) is 0.811. The second-order valence-electron chi connectivity index (χ2n) is 6.86. The first-order valence-corrected chi connectivity index (χ1v) is 9.16.